The zero-order chi connectivity index (χ0) is 14.8. The van der Waals surface area contributed by atoms with Crippen LogP contribution in [-0.2, 0) is 13.0 Å². The Morgan fingerprint density at radius 1 is 1.43 bits per heavy atom. The third-order valence-electron chi connectivity index (χ3n) is 4.27. The average Bonchev–Trinajstić information content (AvgIpc) is 2.85. The monoisotopic (exact) mass is 285 g/mol. The van der Waals surface area contributed by atoms with Crippen LogP contribution in [0.3, 0.4) is 0 Å². The molecule has 2 heterocycles. The van der Waals surface area contributed by atoms with Crippen molar-refractivity contribution in [3.05, 3.63) is 47.5 Å². The van der Waals surface area contributed by atoms with E-state index in [0.29, 0.717) is 11.8 Å². The highest BCUT2D eigenvalue weighted by Crippen LogP contribution is 2.27. The summed E-state index contributed by atoms with van der Waals surface area (Å²) < 4.78 is 2.26. The molecule has 3 rings (SSSR count). The molecule has 0 aliphatic carbocycles. The van der Waals surface area contributed by atoms with Crippen molar-refractivity contribution in [2.75, 3.05) is 0 Å². The number of nitrogens with zero attached hydrogens (tertiary/aromatic N) is 2. The molecule has 1 aromatic heterocycles. The molecule has 2 N–H and O–H groups in total. The Hall–Kier alpha value is -1.81. The van der Waals surface area contributed by atoms with Gasteiger partial charge in [0.05, 0.1) is 5.69 Å². The number of phenolic OH excluding ortho intramolecular Hbond substituents is 1. The first-order valence-corrected chi connectivity index (χ1v) is 7.74. The molecule has 2 unspecified atom stereocenters. The number of imidazole rings is 1. The standard InChI is InChI=1S/C17H23N3O/c1-3-15(14-6-4-5-7-16(14)21)19-13-8-9-17-18-12(2)10-20(17)11-13/h4-7,10,13,15,19,21H,3,8-9,11H2,1-2H3. The number of para-hydroxylation sites is 1. The van der Waals surface area contributed by atoms with Gasteiger partial charge in [-0.2, -0.15) is 0 Å². The number of aromatic hydroxyl groups is 1. The first kappa shape index (κ1) is 14.1. The summed E-state index contributed by atoms with van der Waals surface area (Å²) in [5.41, 5.74) is 2.09. The minimum Gasteiger partial charge on any atom is -0.508 e. The molecule has 0 saturated carbocycles. The molecule has 0 spiro atoms. The molecule has 4 nitrogen and oxygen atoms in total. The summed E-state index contributed by atoms with van der Waals surface area (Å²) in [4.78, 5) is 4.55. The molecule has 1 aromatic carbocycles. The van der Waals surface area contributed by atoms with Gasteiger partial charge in [0.15, 0.2) is 0 Å². The fourth-order valence-corrected chi connectivity index (χ4v) is 3.22. The van der Waals surface area contributed by atoms with Crippen LogP contribution in [0.2, 0.25) is 0 Å². The number of fused-ring (bicyclic) bond motifs is 1. The third-order valence-corrected chi connectivity index (χ3v) is 4.27. The van der Waals surface area contributed by atoms with Crippen LogP contribution in [0, 0.1) is 6.92 Å². The van der Waals surface area contributed by atoms with Crippen molar-refractivity contribution >= 4 is 0 Å². The Kier molecular flexibility index (Phi) is 3.97. The Morgan fingerprint density at radius 3 is 3.00 bits per heavy atom. The van der Waals surface area contributed by atoms with Crippen molar-refractivity contribution in [3.8, 4) is 5.75 Å². The molecule has 0 radical (unpaired) electrons. The Labute approximate surface area is 125 Å². The summed E-state index contributed by atoms with van der Waals surface area (Å²) >= 11 is 0. The molecule has 21 heavy (non-hydrogen) atoms. The summed E-state index contributed by atoms with van der Waals surface area (Å²) in [5.74, 6) is 1.58. The lowest BCUT2D eigenvalue weighted by atomic mass is 10.00. The summed E-state index contributed by atoms with van der Waals surface area (Å²) in [6, 6.07) is 8.24. The SMILES string of the molecule is CCC(NC1CCc2nc(C)cn2C1)c1ccccc1O. The predicted molar refractivity (Wildman–Crippen MR) is 83.3 cm³/mol. The van der Waals surface area contributed by atoms with E-state index in [-0.39, 0.29) is 6.04 Å². The first-order chi connectivity index (χ1) is 10.2. The predicted octanol–water partition coefficient (Wildman–Crippen LogP) is 2.95. The second-order valence-corrected chi connectivity index (χ2v) is 5.87. The van der Waals surface area contributed by atoms with Gasteiger partial charge >= 0.3 is 0 Å². The molecule has 2 atom stereocenters. The molecule has 1 aliphatic heterocycles. The van der Waals surface area contributed by atoms with Gasteiger partial charge in [0.2, 0.25) is 0 Å². The summed E-state index contributed by atoms with van der Waals surface area (Å²) in [6.45, 7) is 5.16. The smallest absolute Gasteiger partial charge is 0.120 e. The lowest BCUT2D eigenvalue weighted by Gasteiger charge is -2.29. The maximum absolute atomic E-state index is 10.0. The molecule has 0 bridgehead atoms. The quantitative estimate of drug-likeness (QED) is 0.908. The van der Waals surface area contributed by atoms with E-state index in [4.69, 9.17) is 0 Å². The lowest BCUT2D eigenvalue weighted by molar-refractivity contribution is 0.333. The summed E-state index contributed by atoms with van der Waals surface area (Å²) in [7, 11) is 0. The van der Waals surface area contributed by atoms with E-state index in [1.54, 1.807) is 6.07 Å². The zero-order valence-electron chi connectivity index (χ0n) is 12.7. The van der Waals surface area contributed by atoms with Crippen molar-refractivity contribution < 1.29 is 5.11 Å². The van der Waals surface area contributed by atoms with Gasteiger partial charge in [0.25, 0.3) is 0 Å². The van der Waals surface area contributed by atoms with Gasteiger partial charge in [-0.15, -0.1) is 0 Å². The zero-order valence-corrected chi connectivity index (χ0v) is 12.7. The second kappa shape index (κ2) is 5.90. The number of aromatic nitrogens is 2. The van der Waals surface area contributed by atoms with Crippen molar-refractivity contribution in [1.82, 2.24) is 14.9 Å². The van der Waals surface area contributed by atoms with Crippen LogP contribution in [0.25, 0.3) is 0 Å². The fraction of sp³-hybridized carbons (Fsp3) is 0.471. The van der Waals surface area contributed by atoms with Gasteiger partial charge in [-0.3, -0.25) is 0 Å². The first-order valence-electron chi connectivity index (χ1n) is 7.74. The van der Waals surface area contributed by atoms with Gasteiger partial charge in [-0.05, 0) is 25.8 Å². The van der Waals surface area contributed by atoms with Crippen LogP contribution < -0.4 is 5.32 Å². The van der Waals surface area contributed by atoms with Gasteiger partial charge in [-0.25, -0.2) is 4.98 Å². The van der Waals surface area contributed by atoms with Crippen molar-refractivity contribution in [2.24, 2.45) is 0 Å². The largest absolute Gasteiger partial charge is 0.508 e. The Balaban J connectivity index is 1.72. The van der Waals surface area contributed by atoms with Crippen molar-refractivity contribution in [2.45, 2.75) is 51.7 Å². The molecule has 2 aromatic rings. The second-order valence-electron chi connectivity index (χ2n) is 5.87. The number of nitrogens with one attached hydrogen (secondary N) is 1. The van der Waals surface area contributed by atoms with E-state index >= 15 is 0 Å². The molecular weight excluding hydrogens is 262 g/mol. The highest BCUT2D eigenvalue weighted by molar-refractivity contribution is 5.34. The highest BCUT2D eigenvalue weighted by atomic mass is 16.3. The normalized spacial score (nSPS) is 19.2. The van der Waals surface area contributed by atoms with E-state index in [1.807, 2.05) is 25.1 Å². The summed E-state index contributed by atoms with van der Waals surface area (Å²) in [6.07, 6.45) is 5.21. The van der Waals surface area contributed by atoms with Crippen LogP contribution in [0.5, 0.6) is 5.75 Å². The number of phenols is 1. The maximum atomic E-state index is 10.0. The minimum atomic E-state index is 0.197. The highest BCUT2D eigenvalue weighted by Gasteiger charge is 2.23. The average molecular weight is 285 g/mol. The Morgan fingerprint density at radius 2 is 2.24 bits per heavy atom. The molecule has 112 valence electrons. The lowest BCUT2D eigenvalue weighted by Crippen LogP contribution is -2.39. The molecular formula is C17H23N3O. The number of hydrogen-bond donors (Lipinski definition) is 2. The maximum Gasteiger partial charge on any atom is 0.120 e. The van der Waals surface area contributed by atoms with Gasteiger partial charge < -0.3 is 15.0 Å². The van der Waals surface area contributed by atoms with Crippen LogP contribution in [0.1, 0.15) is 42.9 Å². The van der Waals surface area contributed by atoms with Gasteiger partial charge in [0, 0.05) is 36.8 Å². The molecule has 4 heteroatoms. The molecule has 0 saturated heterocycles. The van der Waals surface area contributed by atoms with E-state index in [9.17, 15) is 5.11 Å². The fourth-order valence-electron chi connectivity index (χ4n) is 3.22. The number of benzene rings is 1. The van der Waals surface area contributed by atoms with Crippen molar-refractivity contribution in [1.29, 1.82) is 0 Å². The van der Waals surface area contributed by atoms with E-state index in [2.05, 4.69) is 28.0 Å². The van der Waals surface area contributed by atoms with E-state index in [1.165, 1.54) is 5.82 Å². The third kappa shape index (κ3) is 2.95. The van der Waals surface area contributed by atoms with E-state index < -0.39 is 0 Å². The number of hydrogen-bond acceptors (Lipinski definition) is 3. The molecule has 0 amide bonds. The minimum absolute atomic E-state index is 0.197. The topological polar surface area (TPSA) is 50.1 Å². The van der Waals surface area contributed by atoms with Crippen molar-refractivity contribution in [3.63, 3.8) is 0 Å². The molecule has 0 fully saturated rings. The molecule has 1 aliphatic rings. The van der Waals surface area contributed by atoms with Crippen LogP contribution in [-0.4, -0.2) is 20.7 Å². The van der Waals surface area contributed by atoms with Crippen LogP contribution in [0.15, 0.2) is 30.5 Å². The Bertz CT molecular complexity index is 620. The number of aryl methyl sites for hydroxylation is 2. The van der Waals surface area contributed by atoms with E-state index in [0.717, 1.165) is 37.1 Å². The van der Waals surface area contributed by atoms with Crippen LogP contribution in [0.4, 0.5) is 0 Å². The van der Waals surface area contributed by atoms with Crippen LogP contribution >= 0.6 is 0 Å². The van der Waals surface area contributed by atoms with Gasteiger partial charge in [-0.1, -0.05) is 25.1 Å². The van der Waals surface area contributed by atoms with Gasteiger partial charge in [0.1, 0.15) is 11.6 Å². The number of rotatable bonds is 4. The summed E-state index contributed by atoms with van der Waals surface area (Å²) in [5, 5.41) is 13.8.